The van der Waals surface area contributed by atoms with Crippen molar-refractivity contribution >= 4 is 0 Å². The van der Waals surface area contributed by atoms with E-state index in [0.29, 0.717) is 0 Å². The van der Waals surface area contributed by atoms with Gasteiger partial charge in [-0.1, -0.05) is 20.8 Å². The van der Waals surface area contributed by atoms with Gasteiger partial charge in [0.2, 0.25) is 0 Å². The van der Waals surface area contributed by atoms with Gasteiger partial charge in [0.15, 0.2) is 0 Å². The van der Waals surface area contributed by atoms with Crippen LogP contribution in [0, 0.1) is 5.92 Å². The molecule has 0 amide bonds. The van der Waals surface area contributed by atoms with Crippen molar-refractivity contribution in [1.82, 2.24) is 4.90 Å². The first-order valence-electron chi connectivity index (χ1n) is 3.35. The molecule has 0 saturated heterocycles. The van der Waals surface area contributed by atoms with E-state index >= 15 is 0 Å². The minimum absolute atomic E-state index is 0.806. The van der Waals surface area contributed by atoms with E-state index in [1.165, 1.54) is 6.54 Å². The van der Waals surface area contributed by atoms with Crippen LogP contribution in [-0.2, 0) is 0 Å². The summed E-state index contributed by atoms with van der Waals surface area (Å²) in [6.07, 6.45) is 0. The van der Waals surface area contributed by atoms with Crippen molar-refractivity contribution in [2.75, 3.05) is 20.1 Å². The van der Waals surface area contributed by atoms with Gasteiger partial charge in [-0.25, -0.2) is 0 Å². The van der Waals surface area contributed by atoms with E-state index in [2.05, 4.69) is 32.7 Å². The molecule has 0 heterocycles. The van der Waals surface area contributed by atoms with Crippen LogP contribution < -0.4 is 0 Å². The highest BCUT2D eigenvalue weighted by atomic mass is 15.1. The largest absolute Gasteiger partial charge is 0.306 e. The zero-order chi connectivity index (χ0) is 6.57. The van der Waals surface area contributed by atoms with E-state index in [1.54, 1.807) is 0 Å². The molecule has 0 atom stereocenters. The monoisotopic (exact) mass is 115 g/mol. The molecule has 0 aliphatic heterocycles. The summed E-state index contributed by atoms with van der Waals surface area (Å²) in [6.45, 7) is 9.05. The Kier molecular flexibility index (Phi) is 3.88. The fraction of sp³-hybridized carbons (Fsp3) is 1.00. The van der Waals surface area contributed by atoms with Crippen molar-refractivity contribution < 1.29 is 0 Å². The topological polar surface area (TPSA) is 3.24 Å². The average Bonchev–Trinajstić information content (AvgIpc) is 1.65. The Labute approximate surface area is 52.7 Å². The minimum atomic E-state index is 0.806. The quantitative estimate of drug-likeness (QED) is 0.540. The molecular weight excluding hydrogens is 98.1 g/mol. The Bertz CT molecular complexity index is 50.3. The van der Waals surface area contributed by atoms with Crippen molar-refractivity contribution in [2.45, 2.75) is 20.8 Å². The molecule has 0 saturated carbocycles. The second-order valence-electron chi connectivity index (χ2n) is 2.75. The molecule has 0 N–H and O–H groups in total. The molecule has 0 radical (unpaired) electrons. The zero-order valence-corrected chi connectivity index (χ0v) is 6.44. The number of rotatable bonds is 3. The smallest absolute Gasteiger partial charge is 0.000122 e. The molecule has 0 aliphatic carbocycles. The van der Waals surface area contributed by atoms with E-state index in [4.69, 9.17) is 0 Å². The van der Waals surface area contributed by atoms with Gasteiger partial charge in [-0.3, -0.25) is 0 Å². The van der Waals surface area contributed by atoms with Crippen molar-refractivity contribution in [3.8, 4) is 0 Å². The Morgan fingerprint density at radius 1 is 1.38 bits per heavy atom. The third-order valence-corrected chi connectivity index (χ3v) is 1.22. The Hall–Kier alpha value is -0.0400. The molecule has 1 heteroatoms. The summed E-state index contributed by atoms with van der Waals surface area (Å²) in [4.78, 5) is 2.32. The van der Waals surface area contributed by atoms with Gasteiger partial charge in [0.05, 0.1) is 0 Å². The van der Waals surface area contributed by atoms with Crippen molar-refractivity contribution in [2.24, 2.45) is 5.92 Å². The lowest BCUT2D eigenvalue weighted by molar-refractivity contribution is 0.310. The van der Waals surface area contributed by atoms with Gasteiger partial charge in [-0.05, 0) is 19.5 Å². The highest BCUT2D eigenvalue weighted by Crippen LogP contribution is 1.93. The van der Waals surface area contributed by atoms with Crippen molar-refractivity contribution in [3.63, 3.8) is 0 Å². The lowest BCUT2D eigenvalue weighted by Crippen LogP contribution is -2.22. The van der Waals surface area contributed by atoms with Crippen LogP contribution in [0.3, 0.4) is 0 Å². The first kappa shape index (κ1) is 7.96. The summed E-state index contributed by atoms with van der Waals surface area (Å²) in [6, 6.07) is 0. The molecule has 8 heavy (non-hydrogen) atoms. The molecule has 0 aliphatic rings. The van der Waals surface area contributed by atoms with E-state index in [0.717, 1.165) is 12.5 Å². The van der Waals surface area contributed by atoms with Crippen molar-refractivity contribution in [3.05, 3.63) is 0 Å². The molecule has 0 rings (SSSR count). The SMILES string of the molecule is CCN(C)CC(C)C. The summed E-state index contributed by atoms with van der Waals surface area (Å²) < 4.78 is 0. The number of nitrogens with zero attached hydrogens (tertiary/aromatic N) is 1. The summed E-state index contributed by atoms with van der Waals surface area (Å²) in [5.74, 6) is 0.806. The minimum Gasteiger partial charge on any atom is -0.306 e. The summed E-state index contributed by atoms with van der Waals surface area (Å²) in [5.41, 5.74) is 0. The molecule has 0 aromatic heterocycles. The average molecular weight is 115 g/mol. The van der Waals surface area contributed by atoms with E-state index in [-0.39, 0.29) is 0 Å². The van der Waals surface area contributed by atoms with Gasteiger partial charge in [0.1, 0.15) is 0 Å². The third kappa shape index (κ3) is 4.13. The molecule has 0 unspecified atom stereocenters. The molecule has 50 valence electrons. The molecule has 0 spiro atoms. The van der Waals surface area contributed by atoms with Gasteiger partial charge >= 0.3 is 0 Å². The lowest BCUT2D eigenvalue weighted by atomic mass is 10.2. The van der Waals surface area contributed by atoms with Crippen LogP contribution in [0.5, 0.6) is 0 Å². The summed E-state index contributed by atoms with van der Waals surface area (Å²) >= 11 is 0. The van der Waals surface area contributed by atoms with Crippen LogP contribution in [0.15, 0.2) is 0 Å². The van der Waals surface area contributed by atoms with Crippen LogP contribution >= 0.6 is 0 Å². The lowest BCUT2D eigenvalue weighted by Gasteiger charge is -2.15. The van der Waals surface area contributed by atoms with E-state index in [9.17, 15) is 0 Å². The number of hydrogen-bond donors (Lipinski definition) is 0. The third-order valence-electron chi connectivity index (χ3n) is 1.22. The Morgan fingerprint density at radius 3 is 2.00 bits per heavy atom. The molecule has 0 aromatic carbocycles. The van der Waals surface area contributed by atoms with Crippen molar-refractivity contribution in [1.29, 1.82) is 0 Å². The summed E-state index contributed by atoms with van der Waals surface area (Å²) in [7, 11) is 2.15. The fourth-order valence-corrected chi connectivity index (χ4v) is 0.752. The molecule has 1 nitrogen and oxygen atoms in total. The maximum Gasteiger partial charge on any atom is 0.000122 e. The molecule has 0 aromatic rings. The van der Waals surface area contributed by atoms with Gasteiger partial charge in [0.25, 0.3) is 0 Å². The van der Waals surface area contributed by atoms with Gasteiger partial charge in [-0.2, -0.15) is 0 Å². The normalized spacial score (nSPS) is 11.2. The first-order valence-corrected chi connectivity index (χ1v) is 3.35. The second kappa shape index (κ2) is 3.90. The predicted octanol–water partition coefficient (Wildman–Crippen LogP) is 1.59. The van der Waals surface area contributed by atoms with Crippen LogP contribution in [-0.4, -0.2) is 25.0 Å². The Morgan fingerprint density at radius 2 is 1.88 bits per heavy atom. The Balaban J connectivity index is 3.10. The predicted molar refractivity (Wildman–Crippen MR) is 38.0 cm³/mol. The first-order chi connectivity index (χ1) is 3.66. The second-order valence-corrected chi connectivity index (χ2v) is 2.75. The van der Waals surface area contributed by atoms with Crippen LogP contribution in [0.1, 0.15) is 20.8 Å². The standard InChI is InChI=1S/C7H17N/c1-5-8(4)6-7(2)3/h7H,5-6H2,1-4H3. The van der Waals surface area contributed by atoms with Crippen LogP contribution in [0.4, 0.5) is 0 Å². The maximum atomic E-state index is 2.32. The highest BCUT2D eigenvalue weighted by Gasteiger charge is 1.95. The zero-order valence-electron chi connectivity index (χ0n) is 6.44. The molecular formula is C7H17N. The van der Waals surface area contributed by atoms with E-state index in [1.807, 2.05) is 0 Å². The van der Waals surface area contributed by atoms with Crippen LogP contribution in [0.2, 0.25) is 0 Å². The number of hydrogen-bond acceptors (Lipinski definition) is 1. The van der Waals surface area contributed by atoms with Crippen LogP contribution in [0.25, 0.3) is 0 Å². The molecule has 0 fully saturated rings. The maximum absolute atomic E-state index is 2.32. The highest BCUT2D eigenvalue weighted by molar-refractivity contribution is 4.50. The van der Waals surface area contributed by atoms with Gasteiger partial charge in [-0.15, -0.1) is 0 Å². The van der Waals surface area contributed by atoms with E-state index < -0.39 is 0 Å². The van der Waals surface area contributed by atoms with Gasteiger partial charge < -0.3 is 4.90 Å². The van der Waals surface area contributed by atoms with Gasteiger partial charge in [0, 0.05) is 6.54 Å². The fourth-order valence-electron chi connectivity index (χ4n) is 0.752. The summed E-state index contributed by atoms with van der Waals surface area (Å²) in [5, 5.41) is 0. The molecule has 0 bridgehead atoms.